The Hall–Kier alpha value is -1.26. The van der Waals surface area contributed by atoms with E-state index in [2.05, 4.69) is 21.9 Å². The zero-order valence-corrected chi connectivity index (χ0v) is 13.1. The van der Waals surface area contributed by atoms with Gasteiger partial charge in [0.1, 0.15) is 5.75 Å². The molecule has 1 aliphatic heterocycles. The molecule has 0 unspecified atom stereocenters. The zero-order chi connectivity index (χ0) is 14.8. The molecular weight excluding hydrogens is 250 g/mol. The van der Waals surface area contributed by atoms with E-state index in [4.69, 9.17) is 10.5 Å². The monoisotopic (exact) mass is 279 g/mol. The maximum atomic E-state index is 5.54. The highest BCUT2D eigenvalue weighted by atomic mass is 16.5. The SMILES string of the molecule is CC.COc1ccc(N2CCN(CCCN)CC2)cc1. The Morgan fingerprint density at radius 2 is 1.65 bits per heavy atom. The van der Waals surface area contributed by atoms with Gasteiger partial charge in [-0.2, -0.15) is 0 Å². The van der Waals surface area contributed by atoms with Crippen molar-refractivity contribution in [2.45, 2.75) is 20.3 Å². The molecule has 2 rings (SSSR count). The van der Waals surface area contributed by atoms with Gasteiger partial charge in [-0.05, 0) is 43.8 Å². The van der Waals surface area contributed by atoms with Gasteiger partial charge in [0.2, 0.25) is 0 Å². The van der Waals surface area contributed by atoms with Crippen LogP contribution in [0.15, 0.2) is 24.3 Å². The van der Waals surface area contributed by atoms with Crippen LogP contribution in [0.4, 0.5) is 5.69 Å². The summed E-state index contributed by atoms with van der Waals surface area (Å²) in [4.78, 5) is 4.92. The molecule has 1 heterocycles. The molecule has 1 aliphatic rings. The molecule has 0 atom stereocenters. The van der Waals surface area contributed by atoms with Crippen molar-refractivity contribution in [3.05, 3.63) is 24.3 Å². The van der Waals surface area contributed by atoms with Crippen molar-refractivity contribution in [2.75, 3.05) is 51.3 Å². The fraction of sp³-hybridized carbons (Fsp3) is 0.625. The molecule has 4 heteroatoms. The fourth-order valence-corrected chi connectivity index (χ4v) is 2.34. The highest BCUT2D eigenvalue weighted by Gasteiger charge is 2.16. The lowest BCUT2D eigenvalue weighted by Crippen LogP contribution is -2.46. The van der Waals surface area contributed by atoms with E-state index in [9.17, 15) is 0 Å². The highest BCUT2D eigenvalue weighted by Crippen LogP contribution is 2.20. The number of ether oxygens (including phenoxy) is 1. The largest absolute Gasteiger partial charge is 0.497 e. The smallest absolute Gasteiger partial charge is 0.119 e. The van der Waals surface area contributed by atoms with Crippen molar-refractivity contribution in [3.8, 4) is 5.75 Å². The van der Waals surface area contributed by atoms with Gasteiger partial charge in [0, 0.05) is 31.9 Å². The first-order valence-corrected chi connectivity index (χ1v) is 7.65. The average molecular weight is 279 g/mol. The van der Waals surface area contributed by atoms with Crippen molar-refractivity contribution < 1.29 is 4.74 Å². The Kier molecular flexibility index (Phi) is 8.07. The van der Waals surface area contributed by atoms with Crippen LogP contribution in [0.5, 0.6) is 5.75 Å². The first kappa shape index (κ1) is 16.8. The molecule has 20 heavy (non-hydrogen) atoms. The van der Waals surface area contributed by atoms with E-state index < -0.39 is 0 Å². The topological polar surface area (TPSA) is 41.7 Å². The summed E-state index contributed by atoms with van der Waals surface area (Å²) in [5, 5.41) is 0. The summed E-state index contributed by atoms with van der Waals surface area (Å²) < 4.78 is 5.18. The zero-order valence-electron chi connectivity index (χ0n) is 13.1. The van der Waals surface area contributed by atoms with Gasteiger partial charge in [-0.1, -0.05) is 13.8 Å². The maximum Gasteiger partial charge on any atom is 0.119 e. The molecule has 0 radical (unpaired) electrons. The standard InChI is InChI=1S/C14H23N3O.C2H6/c1-18-14-5-3-13(4-6-14)17-11-9-16(10-12-17)8-2-7-15;1-2/h3-6H,2,7-12,15H2,1H3;1-2H3. The third kappa shape index (κ3) is 5.02. The summed E-state index contributed by atoms with van der Waals surface area (Å²) in [6, 6.07) is 8.31. The number of hydrogen-bond acceptors (Lipinski definition) is 4. The van der Waals surface area contributed by atoms with Crippen LogP contribution in [0.2, 0.25) is 0 Å². The molecule has 0 aromatic heterocycles. The van der Waals surface area contributed by atoms with E-state index in [1.165, 1.54) is 5.69 Å². The summed E-state index contributed by atoms with van der Waals surface area (Å²) >= 11 is 0. The number of rotatable bonds is 5. The lowest BCUT2D eigenvalue weighted by atomic mass is 10.2. The highest BCUT2D eigenvalue weighted by molar-refractivity contribution is 5.49. The van der Waals surface area contributed by atoms with Gasteiger partial charge in [0.15, 0.2) is 0 Å². The predicted octanol–water partition coefficient (Wildman–Crippen LogP) is 2.19. The van der Waals surface area contributed by atoms with E-state index in [0.717, 1.165) is 51.4 Å². The van der Waals surface area contributed by atoms with E-state index >= 15 is 0 Å². The molecule has 1 aromatic rings. The summed E-state index contributed by atoms with van der Waals surface area (Å²) in [6.45, 7) is 10.4. The number of nitrogens with two attached hydrogens (primary N) is 1. The predicted molar refractivity (Wildman–Crippen MR) is 86.7 cm³/mol. The number of anilines is 1. The van der Waals surface area contributed by atoms with Crippen LogP contribution in [-0.2, 0) is 0 Å². The molecule has 1 aromatic carbocycles. The molecule has 1 fully saturated rings. The fourth-order valence-electron chi connectivity index (χ4n) is 2.34. The number of methoxy groups -OCH3 is 1. The minimum absolute atomic E-state index is 0.790. The van der Waals surface area contributed by atoms with E-state index in [1.54, 1.807) is 7.11 Å². The summed E-state index contributed by atoms with van der Waals surface area (Å²) in [5.41, 5.74) is 6.83. The van der Waals surface area contributed by atoms with Crippen molar-refractivity contribution in [1.29, 1.82) is 0 Å². The van der Waals surface area contributed by atoms with Crippen LogP contribution in [0.1, 0.15) is 20.3 Å². The molecule has 4 nitrogen and oxygen atoms in total. The quantitative estimate of drug-likeness (QED) is 0.897. The van der Waals surface area contributed by atoms with Crippen molar-refractivity contribution in [1.82, 2.24) is 4.90 Å². The number of benzene rings is 1. The van der Waals surface area contributed by atoms with Gasteiger partial charge in [0.25, 0.3) is 0 Å². The molecule has 2 N–H and O–H groups in total. The van der Waals surface area contributed by atoms with Crippen LogP contribution < -0.4 is 15.4 Å². The molecule has 114 valence electrons. The second-order valence-electron chi connectivity index (χ2n) is 4.67. The minimum atomic E-state index is 0.790. The summed E-state index contributed by atoms with van der Waals surface area (Å²) in [6.07, 6.45) is 1.10. The van der Waals surface area contributed by atoms with Crippen LogP contribution >= 0.6 is 0 Å². The first-order chi connectivity index (χ1) is 9.83. The Morgan fingerprint density at radius 3 is 2.15 bits per heavy atom. The van der Waals surface area contributed by atoms with Crippen LogP contribution in [0, 0.1) is 0 Å². The van der Waals surface area contributed by atoms with Crippen molar-refractivity contribution in [3.63, 3.8) is 0 Å². The molecule has 0 amide bonds. The lowest BCUT2D eigenvalue weighted by Gasteiger charge is -2.36. The normalized spacial score (nSPS) is 15.5. The third-order valence-corrected chi connectivity index (χ3v) is 3.49. The van der Waals surface area contributed by atoms with Crippen LogP contribution in [-0.4, -0.2) is 51.3 Å². The lowest BCUT2D eigenvalue weighted by molar-refractivity contribution is 0.256. The van der Waals surface area contributed by atoms with Gasteiger partial charge in [-0.15, -0.1) is 0 Å². The minimum Gasteiger partial charge on any atom is -0.497 e. The molecular formula is C16H29N3O. The van der Waals surface area contributed by atoms with Crippen molar-refractivity contribution in [2.24, 2.45) is 5.73 Å². The first-order valence-electron chi connectivity index (χ1n) is 7.65. The molecule has 0 saturated carbocycles. The molecule has 1 saturated heterocycles. The summed E-state index contributed by atoms with van der Waals surface area (Å²) in [5.74, 6) is 0.917. The van der Waals surface area contributed by atoms with Crippen LogP contribution in [0.3, 0.4) is 0 Å². The van der Waals surface area contributed by atoms with Crippen LogP contribution in [0.25, 0.3) is 0 Å². The maximum absolute atomic E-state index is 5.54. The Labute approximate surface area is 123 Å². The second kappa shape index (κ2) is 9.61. The van der Waals surface area contributed by atoms with E-state index in [1.807, 2.05) is 26.0 Å². The summed E-state index contributed by atoms with van der Waals surface area (Å²) in [7, 11) is 1.70. The molecule has 0 bridgehead atoms. The van der Waals surface area contributed by atoms with Gasteiger partial charge in [0.05, 0.1) is 7.11 Å². The van der Waals surface area contributed by atoms with Gasteiger partial charge in [-0.25, -0.2) is 0 Å². The van der Waals surface area contributed by atoms with Gasteiger partial charge < -0.3 is 15.4 Å². The second-order valence-corrected chi connectivity index (χ2v) is 4.67. The van der Waals surface area contributed by atoms with E-state index in [-0.39, 0.29) is 0 Å². The molecule has 0 spiro atoms. The molecule has 0 aliphatic carbocycles. The van der Waals surface area contributed by atoms with E-state index in [0.29, 0.717) is 0 Å². The van der Waals surface area contributed by atoms with Gasteiger partial charge >= 0.3 is 0 Å². The Balaban J connectivity index is 0.000000956. The van der Waals surface area contributed by atoms with Crippen molar-refractivity contribution >= 4 is 5.69 Å². The van der Waals surface area contributed by atoms with Gasteiger partial charge in [-0.3, -0.25) is 4.90 Å². The Bertz CT molecular complexity index is 345. The number of piperazine rings is 1. The number of hydrogen-bond donors (Lipinski definition) is 1. The third-order valence-electron chi connectivity index (χ3n) is 3.49. The Morgan fingerprint density at radius 1 is 1.05 bits per heavy atom. The average Bonchev–Trinajstić information content (AvgIpc) is 2.55. The number of nitrogens with zero attached hydrogens (tertiary/aromatic N) is 2.